The van der Waals surface area contributed by atoms with E-state index in [9.17, 15) is 4.79 Å². The molecule has 2 nitrogen and oxygen atoms in total. The van der Waals surface area contributed by atoms with Crippen LogP contribution in [0, 0.1) is 5.92 Å². The Morgan fingerprint density at radius 1 is 1.58 bits per heavy atom. The van der Waals surface area contributed by atoms with E-state index in [1.165, 1.54) is 0 Å². The maximum Gasteiger partial charge on any atom is 0.166 e. The number of allylic oxidation sites excluding steroid dienone is 4. The van der Waals surface area contributed by atoms with Crippen LogP contribution < -0.4 is 5.32 Å². The molecule has 1 atom stereocenters. The molecule has 1 heterocycles. The molecule has 2 aliphatic rings. The summed E-state index contributed by atoms with van der Waals surface area (Å²) in [4.78, 5) is 11.7. The van der Waals surface area contributed by atoms with E-state index >= 15 is 0 Å². The van der Waals surface area contributed by atoms with E-state index in [0.717, 1.165) is 12.1 Å². The van der Waals surface area contributed by atoms with Gasteiger partial charge in [0.2, 0.25) is 0 Å². The third kappa shape index (κ3) is 0.909. The van der Waals surface area contributed by atoms with E-state index in [2.05, 4.69) is 11.4 Å². The van der Waals surface area contributed by atoms with Crippen molar-refractivity contribution >= 4 is 5.78 Å². The first kappa shape index (κ1) is 7.59. The second-order valence-corrected chi connectivity index (χ2v) is 3.95. The molecule has 0 aromatic heterocycles. The van der Waals surface area contributed by atoms with E-state index in [1.807, 2.05) is 26.0 Å². The summed E-state index contributed by atoms with van der Waals surface area (Å²) in [6.45, 7) is 3.88. The Kier molecular flexibility index (Phi) is 1.40. The van der Waals surface area contributed by atoms with E-state index < -0.39 is 0 Å². The molecule has 1 fully saturated rings. The second kappa shape index (κ2) is 2.22. The first-order chi connectivity index (χ1) is 5.61. The lowest BCUT2D eigenvalue weighted by atomic mass is 9.90. The minimum Gasteiger partial charge on any atom is -0.376 e. The second-order valence-electron chi connectivity index (χ2n) is 3.95. The fourth-order valence-corrected chi connectivity index (χ4v) is 1.86. The van der Waals surface area contributed by atoms with Crippen LogP contribution >= 0.6 is 0 Å². The zero-order valence-corrected chi connectivity index (χ0v) is 7.42. The van der Waals surface area contributed by atoms with Gasteiger partial charge >= 0.3 is 0 Å². The molecule has 0 radical (unpaired) electrons. The minimum absolute atomic E-state index is 0.102. The normalized spacial score (nSPS) is 31.0. The van der Waals surface area contributed by atoms with Gasteiger partial charge in [0.25, 0.3) is 0 Å². The highest BCUT2D eigenvalue weighted by atomic mass is 16.1. The largest absolute Gasteiger partial charge is 0.376 e. The van der Waals surface area contributed by atoms with Crippen molar-refractivity contribution in [2.75, 3.05) is 0 Å². The van der Waals surface area contributed by atoms with Gasteiger partial charge < -0.3 is 5.32 Å². The third-order valence-corrected chi connectivity index (χ3v) is 2.55. The lowest BCUT2D eigenvalue weighted by Crippen LogP contribution is -2.38. The van der Waals surface area contributed by atoms with E-state index in [0.29, 0.717) is 5.78 Å². The van der Waals surface area contributed by atoms with Crippen LogP contribution in [0.2, 0.25) is 0 Å². The van der Waals surface area contributed by atoms with E-state index in [4.69, 9.17) is 0 Å². The molecule has 1 N–H and O–H groups in total. The summed E-state index contributed by atoms with van der Waals surface area (Å²) < 4.78 is 0. The Hall–Kier alpha value is -1.05. The predicted octanol–water partition coefficient (Wildman–Crippen LogP) is 1.40. The number of hydrogen-bond donors (Lipinski definition) is 1. The van der Waals surface area contributed by atoms with Crippen molar-refractivity contribution in [1.29, 1.82) is 0 Å². The molecule has 2 heteroatoms. The van der Waals surface area contributed by atoms with Crippen LogP contribution in [0.5, 0.6) is 0 Å². The maximum atomic E-state index is 11.7. The monoisotopic (exact) mass is 163 g/mol. The third-order valence-electron chi connectivity index (χ3n) is 2.55. The Morgan fingerprint density at radius 3 is 3.00 bits per heavy atom. The van der Waals surface area contributed by atoms with Gasteiger partial charge in [-0.3, -0.25) is 4.79 Å². The van der Waals surface area contributed by atoms with Crippen molar-refractivity contribution in [2.24, 2.45) is 5.92 Å². The van der Waals surface area contributed by atoms with Crippen molar-refractivity contribution in [3.63, 3.8) is 0 Å². The summed E-state index contributed by atoms with van der Waals surface area (Å²) in [6, 6.07) is 0. The Balaban J connectivity index is 2.36. The van der Waals surface area contributed by atoms with Gasteiger partial charge in [-0.15, -0.1) is 0 Å². The molecule has 0 aromatic carbocycles. The highest BCUT2D eigenvalue weighted by Crippen LogP contribution is 2.31. The molecule has 2 rings (SSSR count). The number of rotatable bonds is 0. The molecule has 0 bridgehead atoms. The fraction of sp³-hybridized carbons (Fsp3) is 0.500. The van der Waals surface area contributed by atoms with Gasteiger partial charge in [0, 0.05) is 5.70 Å². The van der Waals surface area contributed by atoms with Crippen molar-refractivity contribution in [3.05, 3.63) is 23.9 Å². The number of fused-ring (bicyclic) bond motifs is 1. The maximum absolute atomic E-state index is 11.7. The van der Waals surface area contributed by atoms with Crippen LogP contribution in [0.4, 0.5) is 0 Å². The van der Waals surface area contributed by atoms with Crippen LogP contribution in [0.1, 0.15) is 20.3 Å². The molecular weight excluding hydrogens is 150 g/mol. The quantitative estimate of drug-likeness (QED) is 0.584. The Morgan fingerprint density at radius 2 is 2.33 bits per heavy atom. The van der Waals surface area contributed by atoms with Gasteiger partial charge in [-0.2, -0.15) is 0 Å². The number of nitrogens with one attached hydrogen (secondary N) is 1. The first-order valence-corrected chi connectivity index (χ1v) is 4.30. The molecule has 0 saturated carbocycles. The molecule has 12 heavy (non-hydrogen) atoms. The molecule has 1 aliphatic heterocycles. The molecule has 1 aliphatic carbocycles. The number of ketones is 1. The molecule has 0 aromatic rings. The topological polar surface area (TPSA) is 29.1 Å². The number of carbonyl (C=O) groups excluding carboxylic acids is 1. The van der Waals surface area contributed by atoms with Gasteiger partial charge in [-0.1, -0.05) is 12.2 Å². The minimum atomic E-state index is -0.359. The molecule has 0 amide bonds. The first-order valence-electron chi connectivity index (χ1n) is 4.30. The van der Waals surface area contributed by atoms with Crippen LogP contribution in [0.3, 0.4) is 0 Å². The van der Waals surface area contributed by atoms with Gasteiger partial charge in [-0.25, -0.2) is 0 Å². The van der Waals surface area contributed by atoms with Crippen LogP contribution in [0.15, 0.2) is 23.9 Å². The summed E-state index contributed by atoms with van der Waals surface area (Å²) in [7, 11) is 0. The van der Waals surface area contributed by atoms with E-state index in [1.54, 1.807) is 0 Å². The molecule has 1 unspecified atom stereocenters. The van der Waals surface area contributed by atoms with Gasteiger partial charge in [-0.05, 0) is 26.3 Å². The Labute approximate surface area is 72.3 Å². The Bertz CT molecular complexity index is 286. The lowest BCUT2D eigenvalue weighted by molar-refractivity contribution is -0.124. The zero-order valence-electron chi connectivity index (χ0n) is 7.42. The van der Waals surface area contributed by atoms with Crippen LogP contribution in [-0.2, 0) is 4.79 Å². The lowest BCUT2D eigenvalue weighted by Gasteiger charge is -2.15. The smallest absolute Gasteiger partial charge is 0.166 e. The van der Waals surface area contributed by atoms with Gasteiger partial charge in [0.15, 0.2) is 5.78 Å². The standard InChI is InChI=1S/C10H13NO/c1-10(2)9(12)7-5-3-4-6-8(7)11-10/h3-4,6-7,11H,5H2,1-2H3. The summed E-state index contributed by atoms with van der Waals surface area (Å²) in [5.74, 6) is 0.420. The van der Waals surface area contributed by atoms with Crippen LogP contribution in [0.25, 0.3) is 0 Å². The fourth-order valence-electron chi connectivity index (χ4n) is 1.86. The SMILES string of the molecule is CC1(C)NC2=CC=CCC2C1=O. The van der Waals surface area contributed by atoms with Crippen molar-refractivity contribution < 1.29 is 4.79 Å². The molecular formula is C10H13NO. The number of Topliss-reactive ketones (excluding diaryl/α,β-unsaturated/α-hetero) is 1. The predicted molar refractivity (Wildman–Crippen MR) is 47.6 cm³/mol. The highest BCUT2D eigenvalue weighted by Gasteiger charge is 2.42. The summed E-state index contributed by atoms with van der Waals surface area (Å²) >= 11 is 0. The summed E-state index contributed by atoms with van der Waals surface area (Å²) in [5.41, 5.74) is 0.732. The molecule has 64 valence electrons. The average Bonchev–Trinajstić information content (AvgIpc) is 2.24. The van der Waals surface area contributed by atoms with Crippen molar-refractivity contribution in [2.45, 2.75) is 25.8 Å². The molecule has 1 saturated heterocycles. The zero-order chi connectivity index (χ0) is 8.77. The van der Waals surface area contributed by atoms with Gasteiger partial charge in [0.05, 0.1) is 11.5 Å². The van der Waals surface area contributed by atoms with E-state index in [-0.39, 0.29) is 11.5 Å². The highest BCUT2D eigenvalue weighted by molar-refractivity contribution is 5.95. The summed E-state index contributed by atoms with van der Waals surface area (Å²) in [5, 5.41) is 3.24. The molecule has 0 spiro atoms. The number of hydrogen-bond acceptors (Lipinski definition) is 2. The number of carbonyl (C=O) groups is 1. The van der Waals surface area contributed by atoms with Crippen molar-refractivity contribution in [3.8, 4) is 0 Å². The van der Waals surface area contributed by atoms with Crippen LogP contribution in [-0.4, -0.2) is 11.3 Å². The van der Waals surface area contributed by atoms with Crippen molar-refractivity contribution in [1.82, 2.24) is 5.32 Å². The summed E-state index contributed by atoms with van der Waals surface area (Å²) in [6.07, 6.45) is 6.92. The van der Waals surface area contributed by atoms with Gasteiger partial charge in [0.1, 0.15) is 0 Å². The average molecular weight is 163 g/mol.